The number of fused-ring (bicyclic) bond motifs is 1. The number of hydrogen-bond donors (Lipinski definition) is 2. The number of rotatable bonds is 4. The van der Waals surface area contributed by atoms with Crippen molar-refractivity contribution in [1.29, 1.82) is 0 Å². The third kappa shape index (κ3) is 3.62. The van der Waals surface area contributed by atoms with Crippen molar-refractivity contribution in [1.82, 2.24) is 5.32 Å². The third-order valence-corrected chi connectivity index (χ3v) is 4.94. The van der Waals surface area contributed by atoms with Gasteiger partial charge < -0.3 is 10.6 Å². The number of aryl methyl sites for hydroxylation is 1. The summed E-state index contributed by atoms with van der Waals surface area (Å²) < 4.78 is 0. The zero-order chi connectivity index (χ0) is 17.8. The molecule has 130 valence electrons. The number of anilines is 1. The lowest BCUT2D eigenvalue weighted by Crippen LogP contribution is -2.31. The minimum absolute atomic E-state index is 0.0903. The SMILES string of the molecule is O=C(Nc1ccccc1Cc1ccccc1)NC1CCc2ccccc21. The molecule has 1 aliphatic carbocycles. The third-order valence-electron chi connectivity index (χ3n) is 4.94. The fraction of sp³-hybridized carbons (Fsp3) is 0.174. The molecule has 26 heavy (non-hydrogen) atoms. The molecule has 1 atom stereocenters. The first-order valence-corrected chi connectivity index (χ1v) is 9.07. The van der Waals surface area contributed by atoms with Crippen LogP contribution in [0.5, 0.6) is 0 Å². The van der Waals surface area contributed by atoms with E-state index >= 15 is 0 Å². The molecule has 0 bridgehead atoms. The summed E-state index contributed by atoms with van der Waals surface area (Å²) in [6, 6.07) is 26.6. The van der Waals surface area contributed by atoms with Crippen molar-refractivity contribution in [2.45, 2.75) is 25.3 Å². The van der Waals surface area contributed by atoms with Crippen molar-refractivity contribution in [3.05, 3.63) is 101 Å². The Balaban J connectivity index is 1.45. The van der Waals surface area contributed by atoms with Crippen molar-refractivity contribution < 1.29 is 4.79 Å². The summed E-state index contributed by atoms with van der Waals surface area (Å²) in [4.78, 5) is 12.6. The van der Waals surface area contributed by atoms with E-state index in [1.807, 2.05) is 42.5 Å². The number of amides is 2. The Hall–Kier alpha value is -3.07. The van der Waals surface area contributed by atoms with Crippen molar-refractivity contribution in [3.8, 4) is 0 Å². The summed E-state index contributed by atoms with van der Waals surface area (Å²) in [7, 11) is 0. The second-order valence-corrected chi connectivity index (χ2v) is 6.71. The molecule has 3 aromatic rings. The zero-order valence-corrected chi connectivity index (χ0v) is 14.6. The number of carbonyl (C=O) groups excluding carboxylic acids is 1. The van der Waals surface area contributed by atoms with Crippen LogP contribution < -0.4 is 10.6 Å². The van der Waals surface area contributed by atoms with Crippen LogP contribution in [0.2, 0.25) is 0 Å². The number of para-hydroxylation sites is 1. The van der Waals surface area contributed by atoms with Gasteiger partial charge >= 0.3 is 6.03 Å². The standard InChI is InChI=1S/C23H22N2O/c26-23(25-22-15-14-18-10-4-6-12-20(18)22)24-21-13-7-5-11-19(21)16-17-8-2-1-3-9-17/h1-13,22H,14-16H2,(H2,24,25,26). The minimum Gasteiger partial charge on any atom is -0.331 e. The highest BCUT2D eigenvalue weighted by Gasteiger charge is 2.23. The number of urea groups is 1. The van der Waals surface area contributed by atoms with E-state index < -0.39 is 0 Å². The van der Waals surface area contributed by atoms with Crippen LogP contribution in [0, 0.1) is 0 Å². The highest BCUT2D eigenvalue weighted by molar-refractivity contribution is 5.90. The summed E-state index contributed by atoms with van der Waals surface area (Å²) in [5.41, 5.74) is 5.77. The lowest BCUT2D eigenvalue weighted by molar-refractivity contribution is 0.248. The molecular formula is C23H22N2O. The van der Waals surface area contributed by atoms with E-state index in [-0.39, 0.29) is 12.1 Å². The molecule has 0 saturated carbocycles. The Morgan fingerprint density at radius 1 is 0.885 bits per heavy atom. The fourth-order valence-corrected chi connectivity index (χ4v) is 3.64. The first kappa shape index (κ1) is 16.4. The maximum atomic E-state index is 12.6. The zero-order valence-electron chi connectivity index (χ0n) is 14.6. The van der Waals surface area contributed by atoms with Gasteiger partial charge in [0.2, 0.25) is 0 Å². The maximum absolute atomic E-state index is 12.6. The second kappa shape index (κ2) is 7.44. The molecule has 1 aliphatic rings. The summed E-state index contributed by atoms with van der Waals surface area (Å²) in [5.74, 6) is 0. The van der Waals surface area contributed by atoms with Crippen molar-refractivity contribution >= 4 is 11.7 Å². The van der Waals surface area contributed by atoms with Crippen LogP contribution in [0.1, 0.15) is 34.7 Å². The van der Waals surface area contributed by atoms with E-state index in [4.69, 9.17) is 0 Å². The molecule has 3 heteroatoms. The first-order chi connectivity index (χ1) is 12.8. The molecule has 0 heterocycles. The van der Waals surface area contributed by atoms with Crippen LogP contribution in [0.15, 0.2) is 78.9 Å². The molecule has 0 aliphatic heterocycles. The number of benzene rings is 3. The van der Waals surface area contributed by atoms with Crippen molar-refractivity contribution in [2.75, 3.05) is 5.32 Å². The lowest BCUT2D eigenvalue weighted by Gasteiger charge is -2.16. The summed E-state index contributed by atoms with van der Waals surface area (Å²) >= 11 is 0. The average molecular weight is 342 g/mol. The van der Waals surface area contributed by atoms with Crippen LogP contribution in [-0.2, 0) is 12.8 Å². The largest absolute Gasteiger partial charge is 0.331 e. The number of hydrogen-bond acceptors (Lipinski definition) is 1. The Labute approximate surface area is 154 Å². The smallest absolute Gasteiger partial charge is 0.319 e. The Morgan fingerprint density at radius 3 is 2.50 bits per heavy atom. The van der Waals surface area contributed by atoms with Crippen molar-refractivity contribution in [3.63, 3.8) is 0 Å². The van der Waals surface area contributed by atoms with Gasteiger partial charge in [-0.3, -0.25) is 0 Å². The predicted octanol–water partition coefficient (Wildman–Crippen LogP) is 5.09. The normalized spacial score (nSPS) is 15.3. The fourth-order valence-electron chi connectivity index (χ4n) is 3.64. The molecule has 0 saturated heterocycles. The molecule has 3 nitrogen and oxygen atoms in total. The van der Waals surface area contributed by atoms with E-state index in [2.05, 4.69) is 47.0 Å². The van der Waals surface area contributed by atoms with Crippen LogP contribution in [0.25, 0.3) is 0 Å². The summed E-state index contributed by atoms with van der Waals surface area (Å²) in [5, 5.41) is 6.16. The molecule has 1 unspecified atom stereocenters. The Bertz CT molecular complexity index is 905. The average Bonchev–Trinajstić information content (AvgIpc) is 3.07. The van der Waals surface area contributed by atoms with E-state index in [0.29, 0.717) is 0 Å². The van der Waals surface area contributed by atoms with Gasteiger partial charge in [-0.1, -0.05) is 72.8 Å². The molecule has 0 spiro atoms. The number of carbonyl (C=O) groups is 1. The molecule has 4 rings (SSSR count). The molecule has 3 aromatic carbocycles. The Morgan fingerprint density at radius 2 is 1.62 bits per heavy atom. The quantitative estimate of drug-likeness (QED) is 0.681. The van der Waals surface area contributed by atoms with Crippen LogP contribution in [0.3, 0.4) is 0 Å². The molecule has 0 radical (unpaired) electrons. The van der Waals surface area contributed by atoms with E-state index in [0.717, 1.165) is 30.5 Å². The monoisotopic (exact) mass is 342 g/mol. The predicted molar refractivity (Wildman–Crippen MR) is 105 cm³/mol. The van der Waals surface area contributed by atoms with Gasteiger partial charge in [0.05, 0.1) is 6.04 Å². The van der Waals surface area contributed by atoms with Crippen LogP contribution >= 0.6 is 0 Å². The molecule has 0 aromatic heterocycles. The Kier molecular flexibility index (Phi) is 4.69. The van der Waals surface area contributed by atoms with Gasteiger partial charge in [-0.2, -0.15) is 0 Å². The van der Waals surface area contributed by atoms with E-state index in [1.165, 1.54) is 16.7 Å². The second-order valence-electron chi connectivity index (χ2n) is 6.71. The molecule has 0 fully saturated rings. The summed E-state index contributed by atoms with van der Waals surface area (Å²) in [6.45, 7) is 0. The maximum Gasteiger partial charge on any atom is 0.319 e. The van der Waals surface area contributed by atoms with E-state index in [9.17, 15) is 4.79 Å². The van der Waals surface area contributed by atoms with Crippen LogP contribution in [0.4, 0.5) is 10.5 Å². The van der Waals surface area contributed by atoms with Gasteiger partial charge in [0.15, 0.2) is 0 Å². The number of nitrogens with one attached hydrogen (secondary N) is 2. The highest BCUT2D eigenvalue weighted by Crippen LogP contribution is 2.30. The van der Waals surface area contributed by atoms with Gasteiger partial charge in [0.1, 0.15) is 0 Å². The van der Waals surface area contributed by atoms with Gasteiger partial charge in [-0.25, -0.2) is 4.79 Å². The highest BCUT2D eigenvalue weighted by atomic mass is 16.2. The molecule has 2 amide bonds. The van der Waals surface area contributed by atoms with E-state index in [1.54, 1.807) is 0 Å². The van der Waals surface area contributed by atoms with Gasteiger partial charge in [0.25, 0.3) is 0 Å². The topological polar surface area (TPSA) is 41.1 Å². The van der Waals surface area contributed by atoms with Crippen molar-refractivity contribution in [2.24, 2.45) is 0 Å². The molecular weight excluding hydrogens is 320 g/mol. The van der Waals surface area contributed by atoms with Gasteiger partial charge in [-0.05, 0) is 47.6 Å². The lowest BCUT2D eigenvalue weighted by atomic mass is 10.0. The first-order valence-electron chi connectivity index (χ1n) is 9.07. The van der Waals surface area contributed by atoms with Gasteiger partial charge in [-0.15, -0.1) is 0 Å². The summed E-state index contributed by atoms with van der Waals surface area (Å²) in [6.07, 6.45) is 2.77. The minimum atomic E-state index is -0.146. The molecule has 2 N–H and O–H groups in total. The van der Waals surface area contributed by atoms with Crippen LogP contribution in [-0.4, -0.2) is 6.03 Å². The van der Waals surface area contributed by atoms with Gasteiger partial charge in [0, 0.05) is 5.69 Å².